The molecule has 1 saturated heterocycles. The standard InChI is InChI=1S/C26H30N4O6S/c1-29-23-7-4-18(36-15-12-30-10-13-35-14-11-30)16-20(23)21-17-19(5-8-24(21)29)37(31,32)28-22-6-9-25(33-2)27-26(22)34-3/h4-9,16-17,28H,10-15H2,1-3H3. The first-order valence-electron chi connectivity index (χ1n) is 12.0. The second-order valence-electron chi connectivity index (χ2n) is 8.74. The van der Waals surface area contributed by atoms with Gasteiger partial charge in [0.15, 0.2) is 0 Å². The van der Waals surface area contributed by atoms with Crippen LogP contribution in [-0.2, 0) is 21.8 Å². The molecule has 37 heavy (non-hydrogen) atoms. The molecular weight excluding hydrogens is 496 g/mol. The number of nitrogens with one attached hydrogen (secondary N) is 1. The van der Waals surface area contributed by atoms with Crippen molar-refractivity contribution in [2.75, 3.05) is 58.4 Å². The number of fused-ring (bicyclic) bond motifs is 3. The van der Waals surface area contributed by atoms with Crippen molar-refractivity contribution < 1.29 is 27.4 Å². The second kappa shape index (κ2) is 10.4. The molecule has 0 unspecified atom stereocenters. The number of aromatic nitrogens is 2. The molecule has 1 N–H and O–H groups in total. The first-order valence-corrected chi connectivity index (χ1v) is 13.4. The highest BCUT2D eigenvalue weighted by atomic mass is 32.2. The smallest absolute Gasteiger partial charge is 0.262 e. The Morgan fingerprint density at radius 3 is 2.43 bits per heavy atom. The molecule has 1 aliphatic rings. The van der Waals surface area contributed by atoms with Crippen LogP contribution in [0.1, 0.15) is 0 Å². The largest absolute Gasteiger partial charge is 0.492 e. The molecular formula is C26H30N4O6S. The topological polar surface area (TPSA) is 104 Å². The Kier molecular flexibility index (Phi) is 7.09. The summed E-state index contributed by atoms with van der Waals surface area (Å²) in [6.45, 7) is 4.73. The molecule has 2 aromatic carbocycles. The van der Waals surface area contributed by atoms with Gasteiger partial charge in [0.25, 0.3) is 10.0 Å². The molecule has 0 radical (unpaired) electrons. The van der Waals surface area contributed by atoms with Gasteiger partial charge in [-0.3, -0.25) is 9.62 Å². The first kappa shape index (κ1) is 25.1. The number of sulfonamides is 1. The van der Waals surface area contributed by atoms with Crippen molar-refractivity contribution in [1.29, 1.82) is 0 Å². The number of anilines is 1. The summed E-state index contributed by atoms with van der Waals surface area (Å²) in [4.78, 5) is 6.59. The van der Waals surface area contributed by atoms with Gasteiger partial charge in [-0.15, -0.1) is 0 Å². The minimum absolute atomic E-state index is 0.119. The lowest BCUT2D eigenvalue weighted by molar-refractivity contribution is 0.0322. The van der Waals surface area contributed by atoms with E-state index in [1.165, 1.54) is 14.2 Å². The average Bonchev–Trinajstić information content (AvgIpc) is 3.20. The number of hydrogen-bond donors (Lipinski definition) is 1. The number of methoxy groups -OCH3 is 2. The van der Waals surface area contributed by atoms with Gasteiger partial charge in [-0.25, -0.2) is 8.42 Å². The van der Waals surface area contributed by atoms with E-state index in [9.17, 15) is 8.42 Å². The van der Waals surface area contributed by atoms with Gasteiger partial charge < -0.3 is 23.5 Å². The number of nitrogens with zero attached hydrogens (tertiary/aromatic N) is 3. The van der Waals surface area contributed by atoms with Crippen LogP contribution in [-0.4, -0.2) is 76.5 Å². The maximum atomic E-state index is 13.3. The quantitative estimate of drug-likeness (QED) is 0.355. The van der Waals surface area contributed by atoms with Crippen LogP contribution in [0.2, 0.25) is 0 Å². The van der Waals surface area contributed by atoms with Gasteiger partial charge in [-0.2, -0.15) is 4.98 Å². The Bertz CT molecular complexity index is 1530. The fourth-order valence-corrected chi connectivity index (χ4v) is 5.61. The van der Waals surface area contributed by atoms with Crippen molar-refractivity contribution in [2.45, 2.75) is 4.90 Å². The van der Waals surface area contributed by atoms with E-state index in [1.54, 1.807) is 24.3 Å². The number of pyridine rings is 1. The van der Waals surface area contributed by atoms with Crippen molar-refractivity contribution in [1.82, 2.24) is 14.5 Å². The van der Waals surface area contributed by atoms with Gasteiger partial charge in [0.2, 0.25) is 11.8 Å². The molecule has 0 atom stereocenters. The molecule has 4 aromatic rings. The van der Waals surface area contributed by atoms with Crippen LogP contribution in [0.5, 0.6) is 17.5 Å². The van der Waals surface area contributed by atoms with Crippen LogP contribution >= 0.6 is 0 Å². The predicted octanol–water partition coefficient (Wildman–Crippen LogP) is 3.26. The molecule has 1 fully saturated rings. The van der Waals surface area contributed by atoms with E-state index < -0.39 is 10.0 Å². The molecule has 0 aliphatic carbocycles. The van der Waals surface area contributed by atoms with Crippen LogP contribution in [0.15, 0.2) is 53.4 Å². The third-order valence-corrected chi connectivity index (χ3v) is 7.88. The molecule has 3 heterocycles. The summed E-state index contributed by atoms with van der Waals surface area (Å²) in [7, 11) is 0.939. The van der Waals surface area contributed by atoms with E-state index in [0.29, 0.717) is 12.5 Å². The Balaban J connectivity index is 1.43. The normalized spacial score (nSPS) is 14.7. The van der Waals surface area contributed by atoms with E-state index >= 15 is 0 Å². The molecule has 5 rings (SSSR count). The van der Waals surface area contributed by atoms with E-state index in [-0.39, 0.29) is 16.5 Å². The van der Waals surface area contributed by atoms with Gasteiger partial charge in [0, 0.05) is 54.6 Å². The monoisotopic (exact) mass is 526 g/mol. The van der Waals surface area contributed by atoms with Crippen LogP contribution < -0.4 is 18.9 Å². The molecule has 2 aromatic heterocycles. The summed E-state index contributed by atoms with van der Waals surface area (Å²) in [5, 5.41) is 1.74. The number of hydrogen-bond acceptors (Lipinski definition) is 8. The van der Waals surface area contributed by atoms with E-state index in [4.69, 9.17) is 18.9 Å². The lowest BCUT2D eigenvalue weighted by atomic mass is 10.1. The number of aryl methyl sites for hydroxylation is 1. The fourth-order valence-electron chi connectivity index (χ4n) is 4.52. The number of rotatable bonds is 9. The number of benzene rings is 2. The van der Waals surface area contributed by atoms with Crippen molar-refractivity contribution >= 4 is 37.5 Å². The molecule has 10 nitrogen and oxygen atoms in total. The lowest BCUT2D eigenvalue weighted by Crippen LogP contribution is -2.38. The lowest BCUT2D eigenvalue weighted by Gasteiger charge is -2.26. The Labute approximate surface area is 215 Å². The highest BCUT2D eigenvalue weighted by molar-refractivity contribution is 7.92. The summed E-state index contributed by atoms with van der Waals surface area (Å²) < 4.78 is 53.0. The van der Waals surface area contributed by atoms with Crippen molar-refractivity contribution in [2.24, 2.45) is 7.05 Å². The minimum Gasteiger partial charge on any atom is -0.492 e. The summed E-state index contributed by atoms with van der Waals surface area (Å²) in [6, 6.07) is 14.1. The van der Waals surface area contributed by atoms with Crippen LogP contribution in [0, 0.1) is 0 Å². The molecule has 196 valence electrons. The van der Waals surface area contributed by atoms with Gasteiger partial charge in [-0.1, -0.05) is 0 Å². The molecule has 0 saturated carbocycles. The van der Waals surface area contributed by atoms with E-state index in [1.807, 2.05) is 35.9 Å². The third-order valence-electron chi connectivity index (χ3n) is 6.52. The maximum absolute atomic E-state index is 13.3. The molecule has 0 spiro atoms. The number of ether oxygens (including phenoxy) is 4. The second-order valence-corrected chi connectivity index (χ2v) is 10.4. The van der Waals surface area contributed by atoms with Crippen LogP contribution in [0.4, 0.5) is 5.69 Å². The van der Waals surface area contributed by atoms with Gasteiger partial charge in [0.05, 0.1) is 32.3 Å². The van der Waals surface area contributed by atoms with Crippen molar-refractivity contribution in [3.63, 3.8) is 0 Å². The van der Waals surface area contributed by atoms with Crippen molar-refractivity contribution in [3.8, 4) is 17.5 Å². The van der Waals surface area contributed by atoms with Gasteiger partial charge in [0.1, 0.15) is 18.0 Å². The molecule has 1 aliphatic heterocycles. The molecule has 0 amide bonds. The molecule has 11 heteroatoms. The van der Waals surface area contributed by atoms with Crippen LogP contribution in [0.25, 0.3) is 21.8 Å². The Morgan fingerprint density at radius 1 is 0.973 bits per heavy atom. The van der Waals surface area contributed by atoms with Gasteiger partial charge >= 0.3 is 0 Å². The summed E-state index contributed by atoms with van der Waals surface area (Å²) in [5.74, 6) is 1.18. The van der Waals surface area contributed by atoms with Crippen LogP contribution in [0.3, 0.4) is 0 Å². The van der Waals surface area contributed by atoms with Crippen molar-refractivity contribution in [3.05, 3.63) is 48.5 Å². The highest BCUT2D eigenvalue weighted by Crippen LogP contribution is 2.34. The Hall–Kier alpha value is -3.54. The minimum atomic E-state index is -3.92. The molecule has 0 bridgehead atoms. The zero-order chi connectivity index (χ0) is 26.0. The maximum Gasteiger partial charge on any atom is 0.262 e. The SMILES string of the molecule is COc1ccc(NS(=O)(=O)c2ccc3c(c2)c2cc(OCCN4CCOCC4)ccc2n3C)c(OC)n1. The fraction of sp³-hybridized carbons (Fsp3) is 0.346. The Morgan fingerprint density at radius 2 is 1.70 bits per heavy atom. The summed E-state index contributed by atoms with van der Waals surface area (Å²) >= 11 is 0. The summed E-state index contributed by atoms with van der Waals surface area (Å²) in [5.41, 5.74) is 2.12. The average molecular weight is 527 g/mol. The van der Waals surface area contributed by atoms with E-state index in [0.717, 1.165) is 60.4 Å². The summed E-state index contributed by atoms with van der Waals surface area (Å²) in [6.07, 6.45) is 0. The highest BCUT2D eigenvalue weighted by Gasteiger charge is 2.20. The predicted molar refractivity (Wildman–Crippen MR) is 141 cm³/mol. The zero-order valence-corrected chi connectivity index (χ0v) is 21.9. The van der Waals surface area contributed by atoms with E-state index in [2.05, 4.69) is 14.6 Å². The number of morpholine rings is 1. The third kappa shape index (κ3) is 5.15. The zero-order valence-electron chi connectivity index (χ0n) is 21.1. The first-order chi connectivity index (χ1) is 17.9. The van der Waals surface area contributed by atoms with Gasteiger partial charge in [-0.05, 0) is 42.5 Å².